The fourth-order valence-corrected chi connectivity index (χ4v) is 1.85. The van der Waals surface area contributed by atoms with Crippen LogP contribution in [-0.4, -0.2) is 17.4 Å². The first-order valence-electron chi connectivity index (χ1n) is 6.09. The highest BCUT2D eigenvalue weighted by Crippen LogP contribution is 2.15. The minimum atomic E-state index is -0.287. The fourth-order valence-electron chi connectivity index (χ4n) is 1.85. The van der Waals surface area contributed by atoms with Crippen molar-refractivity contribution in [2.24, 2.45) is 4.99 Å². The smallest absolute Gasteiger partial charge is 0.277 e. The highest BCUT2D eigenvalue weighted by molar-refractivity contribution is 6.24. The van der Waals surface area contributed by atoms with E-state index >= 15 is 0 Å². The molecule has 0 N–H and O–H groups in total. The Bertz CT molecular complexity index is 648. The maximum Gasteiger partial charge on any atom is 0.277 e. The maximum absolute atomic E-state index is 12.1. The first-order valence-corrected chi connectivity index (χ1v) is 6.09. The minimum Gasteiger partial charge on any atom is -0.290 e. The van der Waals surface area contributed by atoms with Crippen LogP contribution in [-0.2, 0) is 4.79 Å². The van der Waals surface area contributed by atoms with Crippen molar-refractivity contribution in [3.05, 3.63) is 58.7 Å². The van der Waals surface area contributed by atoms with Crippen LogP contribution in [0.3, 0.4) is 0 Å². The quantitative estimate of drug-likeness (QED) is 0.722. The Morgan fingerprint density at radius 2 is 1.79 bits per heavy atom. The van der Waals surface area contributed by atoms with E-state index in [1.165, 1.54) is 6.08 Å². The molecule has 0 radical (unpaired) electrons. The van der Waals surface area contributed by atoms with Gasteiger partial charge in [0, 0.05) is 11.1 Å². The second-order valence-electron chi connectivity index (χ2n) is 4.62. The molecule has 1 aliphatic rings. The minimum absolute atomic E-state index is 0.0283. The average Bonchev–Trinajstić information content (AvgIpc) is 2.39. The number of hydrogen-bond acceptors (Lipinski definition) is 2. The molecule has 0 aromatic heterocycles. The van der Waals surface area contributed by atoms with Gasteiger partial charge in [-0.05, 0) is 50.6 Å². The molecule has 0 fully saturated rings. The number of carbonyl (C=O) groups is 2. The number of carbonyl (C=O) groups excluding carboxylic acids is 2. The van der Waals surface area contributed by atoms with Crippen molar-refractivity contribution in [1.82, 2.24) is 0 Å². The van der Waals surface area contributed by atoms with Crippen LogP contribution >= 0.6 is 0 Å². The van der Waals surface area contributed by atoms with Gasteiger partial charge in [-0.1, -0.05) is 17.7 Å². The molecule has 3 heteroatoms. The summed E-state index contributed by atoms with van der Waals surface area (Å²) in [7, 11) is 0. The number of amides is 1. The maximum atomic E-state index is 12.1. The van der Waals surface area contributed by atoms with Gasteiger partial charge in [-0.3, -0.25) is 9.59 Å². The van der Waals surface area contributed by atoms with Gasteiger partial charge in [0.1, 0.15) is 0 Å². The zero-order valence-electron chi connectivity index (χ0n) is 11.2. The molecular formula is C16H15NO2. The van der Waals surface area contributed by atoms with Crippen LogP contribution in [0, 0.1) is 6.92 Å². The van der Waals surface area contributed by atoms with Crippen LogP contribution in [0.2, 0.25) is 0 Å². The highest BCUT2D eigenvalue weighted by Gasteiger charge is 2.15. The molecule has 0 saturated carbocycles. The molecule has 0 heterocycles. The van der Waals surface area contributed by atoms with Crippen molar-refractivity contribution in [1.29, 1.82) is 0 Å². The summed E-state index contributed by atoms with van der Waals surface area (Å²) in [6.45, 7) is 5.48. The van der Waals surface area contributed by atoms with Gasteiger partial charge in [-0.2, -0.15) is 0 Å². The molecule has 2 rings (SSSR count). The van der Waals surface area contributed by atoms with Gasteiger partial charge < -0.3 is 0 Å². The summed E-state index contributed by atoms with van der Waals surface area (Å²) in [5, 5.41) is 0. The van der Waals surface area contributed by atoms with Crippen LogP contribution in [0.5, 0.6) is 0 Å². The Labute approximate surface area is 112 Å². The summed E-state index contributed by atoms with van der Waals surface area (Å²) >= 11 is 0. The van der Waals surface area contributed by atoms with Crippen LogP contribution in [0.4, 0.5) is 0 Å². The van der Waals surface area contributed by atoms with E-state index in [1.807, 2.05) is 19.1 Å². The van der Waals surface area contributed by atoms with E-state index in [9.17, 15) is 9.59 Å². The third-order valence-electron chi connectivity index (χ3n) is 3.20. The van der Waals surface area contributed by atoms with E-state index in [4.69, 9.17) is 0 Å². The number of aliphatic imine (C=N–C) groups is 1. The lowest BCUT2D eigenvalue weighted by Crippen LogP contribution is -2.12. The van der Waals surface area contributed by atoms with Gasteiger partial charge >= 0.3 is 0 Å². The molecule has 1 aliphatic carbocycles. The molecule has 0 bridgehead atoms. The summed E-state index contributed by atoms with van der Waals surface area (Å²) in [6, 6.07) is 7.30. The second-order valence-corrected chi connectivity index (χ2v) is 4.62. The van der Waals surface area contributed by atoms with Gasteiger partial charge in [-0.25, -0.2) is 4.99 Å². The number of hydrogen-bond donors (Lipinski definition) is 0. The summed E-state index contributed by atoms with van der Waals surface area (Å²) in [4.78, 5) is 27.6. The predicted octanol–water partition coefficient (Wildman–Crippen LogP) is 3.05. The van der Waals surface area contributed by atoms with E-state index in [2.05, 4.69) is 4.99 Å². The summed E-state index contributed by atoms with van der Waals surface area (Å²) < 4.78 is 0. The molecule has 0 unspecified atom stereocenters. The number of benzene rings is 1. The SMILES string of the molecule is CC1=C(C)C(=NC(=O)c2cccc(C)c2)C=CC1=O. The number of rotatable bonds is 1. The van der Waals surface area contributed by atoms with E-state index in [0.717, 1.165) is 11.1 Å². The Kier molecular flexibility index (Phi) is 3.56. The van der Waals surface area contributed by atoms with Gasteiger partial charge in [0.25, 0.3) is 5.91 Å². The van der Waals surface area contributed by atoms with Gasteiger partial charge in [0.05, 0.1) is 5.71 Å². The lowest BCUT2D eigenvalue weighted by atomic mass is 9.97. The number of ketones is 1. The van der Waals surface area contributed by atoms with Crippen molar-refractivity contribution in [2.45, 2.75) is 20.8 Å². The van der Waals surface area contributed by atoms with E-state index < -0.39 is 0 Å². The molecule has 1 aromatic carbocycles. The van der Waals surface area contributed by atoms with Gasteiger partial charge in [0.2, 0.25) is 0 Å². The Balaban J connectivity index is 2.35. The van der Waals surface area contributed by atoms with Crippen molar-refractivity contribution in [3.8, 4) is 0 Å². The highest BCUT2D eigenvalue weighted by atomic mass is 16.1. The molecule has 1 aromatic rings. The molecule has 0 atom stereocenters. The average molecular weight is 253 g/mol. The third-order valence-corrected chi connectivity index (χ3v) is 3.20. The van der Waals surface area contributed by atoms with E-state index in [-0.39, 0.29) is 11.7 Å². The zero-order chi connectivity index (χ0) is 14.0. The summed E-state index contributed by atoms with van der Waals surface area (Å²) in [6.07, 6.45) is 3.04. The third kappa shape index (κ3) is 2.76. The van der Waals surface area contributed by atoms with Gasteiger partial charge in [0.15, 0.2) is 5.78 Å². The first kappa shape index (κ1) is 13.1. The molecule has 0 spiro atoms. The summed E-state index contributed by atoms with van der Waals surface area (Å²) in [5.41, 5.74) is 3.53. The topological polar surface area (TPSA) is 46.5 Å². The fraction of sp³-hybridized carbons (Fsp3) is 0.188. The van der Waals surface area contributed by atoms with Crippen molar-refractivity contribution in [2.75, 3.05) is 0 Å². The monoisotopic (exact) mass is 253 g/mol. The lowest BCUT2D eigenvalue weighted by Gasteiger charge is -2.10. The molecule has 1 amide bonds. The first-order chi connectivity index (χ1) is 8.99. The predicted molar refractivity (Wildman–Crippen MR) is 75.5 cm³/mol. The van der Waals surface area contributed by atoms with Crippen LogP contribution < -0.4 is 0 Å². The molecule has 0 saturated heterocycles. The normalized spacial score (nSPS) is 17.2. The zero-order valence-corrected chi connectivity index (χ0v) is 11.2. The Morgan fingerprint density at radius 3 is 2.47 bits per heavy atom. The number of nitrogens with zero attached hydrogens (tertiary/aromatic N) is 1. The van der Waals surface area contributed by atoms with Crippen molar-refractivity contribution < 1.29 is 9.59 Å². The Morgan fingerprint density at radius 1 is 1.05 bits per heavy atom. The Hall–Kier alpha value is -2.29. The number of allylic oxidation sites excluding steroid dienone is 4. The van der Waals surface area contributed by atoms with Crippen LogP contribution in [0.15, 0.2) is 52.6 Å². The lowest BCUT2D eigenvalue weighted by molar-refractivity contribution is -0.111. The molecule has 0 aliphatic heterocycles. The van der Waals surface area contributed by atoms with Crippen LogP contribution in [0.1, 0.15) is 29.8 Å². The molecule has 96 valence electrons. The van der Waals surface area contributed by atoms with E-state index in [0.29, 0.717) is 16.8 Å². The number of aryl methyl sites for hydroxylation is 1. The van der Waals surface area contributed by atoms with Crippen molar-refractivity contribution >= 4 is 17.4 Å². The largest absolute Gasteiger partial charge is 0.290 e. The van der Waals surface area contributed by atoms with Crippen LogP contribution in [0.25, 0.3) is 0 Å². The molecule has 19 heavy (non-hydrogen) atoms. The summed E-state index contributed by atoms with van der Waals surface area (Å²) in [5.74, 6) is -0.315. The van der Waals surface area contributed by atoms with E-state index in [1.54, 1.807) is 32.1 Å². The standard InChI is InChI=1S/C16H15NO2/c1-10-5-4-6-13(9-10)16(19)17-14-7-8-15(18)12(3)11(14)2/h4-9H,1-3H3. The second kappa shape index (κ2) is 5.14. The molecule has 3 nitrogen and oxygen atoms in total. The van der Waals surface area contributed by atoms with Gasteiger partial charge in [-0.15, -0.1) is 0 Å². The molecular weight excluding hydrogens is 238 g/mol. The van der Waals surface area contributed by atoms with Crippen molar-refractivity contribution in [3.63, 3.8) is 0 Å².